The molecular formula is C13H20N2O6. The van der Waals surface area contributed by atoms with Gasteiger partial charge in [0, 0.05) is 18.5 Å². The van der Waals surface area contributed by atoms with E-state index in [-0.39, 0.29) is 12.6 Å². The zero-order chi connectivity index (χ0) is 15.6. The molecule has 0 aromatic carbocycles. The number of hydrogen-bond acceptors (Lipinski definition) is 8. The molecule has 1 aliphatic rings. The standard InChI is InChI=1S/C13H20N2O6/c1-6-4-7(2)15-13(14-6)20-5-8-9(16)10(17)11(18)12(19-3)21-8/h4,8-12,16-18H,5H2,1-3H3/t8-,9-,10+,11-,12+/m1/s1. The summed E-state index contributed by atoms with van der Waals surface area (Å²) in [6, 6.07) is 1.97. The van der Waals surface area contributed by atoms with Crippen LogP contribution in [-0.2, 0) is 9.47 Å². The van der Waals surface area contributed by atoms with E-state index < -0.39 is 30.7 Å². The van der Waals surface area contributed by atoms with Crippen molar-refractivity contribution in [3.05, 3.63) is 17.5 Å². The van der Waals surface area contributed by atoms with Gasteiger partial charge < -0.3 is 29.5 Å². The first-order chi connectivity index (χ1) is 9.92. The van der Waals surface area contributed by atoms with Crippen LogP contribution in [0.2, 0.25) is 0 Å². The van der Waals surface area contributed by atoms with E-state index in [2.05, 4.69) is 9.97 Å². The van der Waals surface area contributed by atoms with Crippen molar-refractivity contribution in [3.63, 3.8) is 0 Å². The van der Waals surface area contributed by atoms with E-state index in [1.807, 2.05) is 13.8 Å². The maximum absolute atomic E-state index is 9.90. The van der Waals surface area contributed by atoms with Gasteiger partial charge in [0.1, 0.15) is 31.0 Å². The minimum absolute atomic E-state index is 0.0757. The van der Waals surface area contributed by atoms with E-state index in [4.69, 9.17) is 14.2 Å². The minimum atomic E-state index is -1.38. The lowest BCUT2D eigenvalue weighted by atomic mass is 9.99. The van der Waals surface area contributed by atoms with Crippen LogP contribution in [0.25, 0.3) is 0 Å². The molecule has 0 aliphatic carbocycles. The van der Waals surface area contributed by atoms with E-state index in [0.717, 1.165) is 11.4 Å². The first kappa shape index (κ1) is 16.1. The number of methoxy groups -OCH3 is 1. The number of rotatable bonds is 4. The highest BCUT2D eigenvalue weighted by Crippen LogP contribution is 2.22. The zero-order valence-corrected chi connectivity index (χ0v) is 12.1. The molecule has 118 valence electrons. The van der Waals surface area contributed by atoms with Gasteiger partial charge in [-0.3, -0.25) is 0 Å². The number of ether oxygens (including phenoxy) is 3. The Morgan fingerprint density at radius 3 is 2.29 bits per heavy atom. The Morgan fingerprint density at radius 2 is 1.71 bits per heavy atom. The lowest BCUT2D eigenvalue weighted by Gasteiger charge is -2.39. The predicted octanol–water partition coefficient (Wildman–Crippen LogP) is -1.07. The first-order valence-corrected chi connectivity index (χ1v) is 6.60. The molecule has 0 bridgehead atoms. The molecule has 0 unspecified atom stereocenters. The van der Waals surface area contributed by atoms with Crippen molar-refractivity contribution in [2.75, 3.05) is 13.7 Å². The third-order valence-electron chi connectivity index (χ3n) is 3.24. The van der Waals surface area contributed by atoms with Crippen LogP contribution in [0.5, 0.6) is 6.01 Å². The van der Waals surface area contributed by atoms with Crippen LogP contribution in [0.1, 0.15) is 11.4 Å². The molecule has 1 fully saturated rings. The Morgan fingerprint density at radius 1 is 1.10 bits per heavy atom. The topological polar surface area (TPSA) is 114 Å². The fourth-order valence-corrected chi connectivity index (χ4v) is 2.16. The van der Waals surface area contributed by atoms with Gasteiger partial charge in [0.15, 0.2) is 6.29 Å². The summed E-state index contributed by atoms with van der Waals surface area (Å²) in [6.45, 7) is 3.55. The van der Waals surface area contributed by atoms with Crippen LogP contribution in [0.3, 0.4) is 0 Å². The van der Waals surface area contributed by atoms with Crippen molar-refractivity contribution in [1.29, 1.82) is 0 Å². The molecule has 5 atom stereocenters. The van der Waals surface area contributed by atoms with Crippen molar-refractivity contribution in [2.45, 2.75) is 44.6 Å². The Balaban J connectivity index is 2.01. The highest BCUT2D eigenvalue weighted by Gasteiger charge is 2.44. The molecule has 2 heterocycles. The van der Waals surface area contributed by atoms with Crippen molar-refractivity contribution in [1.82, 2.24) is 9.97 Å². The first-order valence-electron chi connectivity index (χ1n) is 6.60. The van der Waals surface area contributed by atoms with E-state index in [0.29, 0.717) is 0 Å². The van der Waals surface area contributed by atoms with Crippen LogP contribution < -0.4 is 4.74 Å². The van der Waals surface area contributed by atoms with Crippen LogP contribution in [0.15, 0.2) is 6.07 Å². The molecule has 0 spiro atoms. The quantitative estimate of drug-likeness (QED) is 0.644. The molecule has 0 radical (unpaired) electrons. The second-order valence-electron chi connectivity index (χ2n) is 4.99. The van der Waals surface area contributed by atoms with Crippen LogP contribution in [0.4, 0.5) is 0 Å². The summed E-state index contributed by atoms with van der Waals surface area (Å²) in [4.78, 5) is 8.21. The lowest BCUT2D eigenvalue weighted by Crippen LogP contribution is -2.59. The van der Waals surface area contributed by atoms with Gasteiger partial charge >= 0.3 is 6.01 Å². The number of hydrogen-bond donors (Lipinski definition) is 3. The highest BCUT2D eigenvalue weighted by molar-refractivity contribution is 5.11. The summed E-state index contributed by atoms with van der Waals surface area (Å²) in [5, 5.41) is 29.3. The Kier molecular flexibility index (Phi) is 5.07. The number of aromatic nitrogens is 2. The van der Waals surface area contributed by atoms with E-state index in [1.54, 1.807) is 6.07 Å². The average molecular weight is 300 g/mol. The van der Waals surface area contributed by atoms with Crippen molar-refractivity contribution in [3.8, 4) is 6.01 Å². The fraction of sp³-hybridized carbons (Fsp3) is 0.692. The lowest BCUT2D eigenvalue weighted by molar-refractivity contribution is -0.293. The minimum Gasteiger partial charge on any atom is -0.461 e. The molecule has 8 nitrogen and oxygen atoms in total. The van der Waals surface area contributed by atoms with Gasteiger partial charge in [0.25, 0.3) is 0 Å². The Labute approximate surface area is 122 Å². The second kappa shape index (κ2) is 6.63. The van der Waals surface area contributed by atoms with Gasteiger partial charge in [-0.2, -0.15) is 0 Å². The van der Waals surface area contributed by atoms with E-state index >= 15 is 0 Å². The number of aliphatic hydroxyl groups excluding tert-OH is 3. The van der Waals surface area contributed by atoms with Gasteiger partial charge in [-0.25, -0.2) is 9.97 Å². The summed E-state index contributed by atoms with van der Waals surface area (Å²) in [5.41, 5.74) is 1.51. The number of aryl methyl sites for hydroxylation is 2. The van der Waals surface area contributed by atoms with Crippen molar-refractivity contribution >= 4 is 0 Å². The van der Waals surface area contributed by atoms with Gasteiger partial charge in [0.2, 0.25) is 0 Å². The second-order valence-corrected chi connectivity index (χ2v) is 4.99. The van der Waals surface area contributed by atoms with Gasteiger partial charge in [-0.15, -0.1) is 0 Å². The third-order valence-corrected chi connectivity index (χ3v) is 3.24. The van der Waals surface area contributed by atoms with Crippen LogP contribution in [-0.4, -0.2) is 69.7 Å². The number of nitrogens with zero attached hydrogens (tertiary/aromatic N) is 2. The Hall–Kier alpha value is -1.32. The monoisotopic (exact) mass is 300 g/mol. The molecule has 8 heteroatoms. The largest absolute Gasteiger partial charge is 0.461 e. The molecule has 1 aromatic rings. The van der Waals surface area contributed by atoms with Crippen molar-refractivity contribution in [2.24, 2.45) is 0 Å². The highest BCUT2D eigenvalue weighted by atomic mass is 16.7. The molecule has 0 amide bonds. The van der Waals surface area contributed by atoms with E-state index in [9.17, 15) is 15.3 Å². The maximum Gasteiger partial charge on any atom is 0.316 e. The molecular weight excluding hydrogens is 280 g/mol. The molecule has 0 saturated carbocycles. The zero-order valence-electron chi connectivity index (χ0n) is 12.1. The molecule has 2 rings (SSSR count). The molecule has 1 aromatic heterocycles. The smallest absolute Gasteiger partial charge is 0.316 e. The number of aliphatic hydroxyl groups is 3. The summed E-state index contributed by atoms with van der Waals surface area (Å²) in [6.07, 6.45) is -5.89. The summed E-state index contributed by atoms with van der Waals surface area (Å²) in [5.74, 6) is 0. The third kappa shape index (κ3) is 3.66. The Bertz CT molecular complexity index is 463. The van der Waals surface area contributed by atoms with Gasteiger partial charge in [-0.1, -0.05) is 0 Å². The SMILES string of the molecule is CO[C@H]1O[C@H](COc2nc(C)cc(C)n2)[C@@H](O)[C@H](O)[C@H]1O. The summed E-state index contributed by atoms with van der Waals surface area (Å²) in [7, 11) is 1.34. The van der Waals surface area contributed by atoms with Crippen molar-refractivity contribution < 1.29 is 29.5 Å². The van der Waals surface area contributed by atoms with E-state index in [1.165, 1.54) is 7.11 Å². The van der Waals surface area contributed by atoms with Gasteiger partial charge in [0.05, 0.1) is 0 Å². The molecule has 3 N–H and O–H groups in total. The normalized spacial score (nSPS) is 33.0. The van der Waals surface area contributed by atoms with Crippen LogP contribution >= 0.6 is 0 Å². The maximum atomic E-state index is 9.90. The molecule has 1 aliphatic heterocycles. The fourth-order valence-electron chi connectivity index (χ4n) is 2.16. The van der Waals surface area contributed by atoms with Crippen LogP contribution in [0, 0.1) is 13.8 Å². The molecule has 1 saturated heterocycles. The summed E-state index contributed by atoms with van der Waals surface area (Å²) >= 11 is 0. The predicted molar refractivity (Wildman–Crippen MR) is 70.7 cm³/mol. The average Bonchev–Trinajstić information content (AvgIpc) is 2.43. The van der Waals surface area contributed by atoms with Gasteiger partial charge in [-0.05, 0) is 19.9 Å². The molecule has 21 heavy (non-hydrogen) atoms. The summed E-state index contributed by atoms with van der Waals surface area (Å²) < 4.78 is 15.7.